The number of halogens is 1. The van der Waals surface area contributed by atoms with E-state index in [1.165, 1.54) is 0 Å². The lowest BCUT2D eigenvalue weighted by atomic mass is 10.0. The molecular formula is C23H23ClN4O3. The summed E-state index contributed by atoms with van der Waals surface area (Å²) in [5, 5.41) is 15.9. The van der Waals surface area contributed by atoms with Gasteiger partial charge >= 0.3 is 0 Å². The van der Waals surface area contributed by atoms with Gasteiger partial charge in [-0.2, -0.15) is 5.10 Å². The zero-order chi connectivity index (χ0) is 21.8. The number of aliphatic hydroxyl groups is 1. The molecule has 2 aromatic carbocycles. The van der Waals surface area contributed by atoms with Crippen molar-refractivity contribution < 1.29 is 14.7 Å². The predicted molar refractivity (Wildman–Crippen MR) is 118 cm³/mol. The van der Waals surface area contributed by atoms with E-state index in [-0.39, 0.29) is 11.8 Å². The van der Waals surface area contributed by atoms with Gasteiger partial charge in [0.05, 0.1) is 11.7 Å². The number of nitrogens with zero attached hydrogens (tertiary/aromatic N) is 4. The van der Waals surface area contributed by atoms with Crippen molar-refractivity contribution in [3.8, 4) is 11.1 Å². The Bertz CT molecular complexity index is 1190. The van der Waals surface area contributed by atoms with Gasteiger partial charge in [-0.05, 0) is 36.6 Å². The van der Waals surface area contributed by atoms with Crippen LogP contribution in [-0.2, 0) is 11.8 Å². The van der Waals surface area contributed by atoms with Crippen LogP contribution in [0.4, 0.5) is 0 Å². The molecule has 3 aromatic rings. The van der Waals surface area contributed by atoms with E-state index < -0.39 is 5.60 Å². The van der Waals surface area contributed by atoms with E-state index in [1.807, 2.05) is 42.2 Å². The molecule has 1 aliphatic carbocycles. The van der Waals surface area contributed by atoms with Gasteiger partial charge in [0.2, 0.25) is 0 Å². The van der Waals surface area contributed by atoms with Crippen LogP contribution in [0.3, 0.4) is 0 Å². The number of aromatic nitrogens is 2. The van der Waals surface area contributed by atoms with Gasteiger partial charge in [-0.15, -0.1) is 0 Å². The second-order valence-electron chi connectivity index (χ2n) is 8.35. The fourth-order valence-corrected chi connectivity index (χ4v) is 4.41. The van der Waals surface area contributed by atoms with Gasteiger partial charge < -0.3 is 14.9 Å². The van der Waals surface area contributed by atoms with Gasteiger partial charge in [0, 0.05) is 54.8 Å². The Kier molecular flexibility index (Phi) is 4.75. The quantitative estimate of drug-likeness (QED) is 0.682. The van der Waals surface area contributed by atoms with Crippen LogP contribution in [0.1, 0.15) is 23.2 Å². The summed E-state index contributed by atoms with van der Waals surface area (Å²) in [5.74, 6) is -0.315. The third-order valence-electron chi connectivity index (χ3n) is 6.25. The number of piperazine rings is 1. The molecule has 0 atom stereocenters. The molecule has 31 heavy (non-hydrogen) atoms. The number of fused-ring (bicyclic) bond motifs is 1. The van der Waals surface area contributed by atoms with Crippen molar-refractivity contribution in [3.05, 3.63) is 53.2 Å². The van der Waals surface area contributed by atoms with E-state index in [9.17, 15) is 14.7 Å². The average molecular weight is 439 g/mol. The van der Waals surface area contributed by atoms with Crippen molar-refractivity contribution in [2.75, 3.05) is 26.2 Å². The summed E-state index contributed by atoms with van der Waals surface area (Å²) in [6.07, 6.45) is 2.88. The number of hydrogen-bond acceptors (Lipinski definition) is 4. The zero-order valence-corrected chi connectivity index (χ0v) is 18.0. The molecule has 0 radical (unpaired) electrons. The number of carbonyl (C=O) groups excluding carboxylic acids is 2. The highest BCUT2D eigenvalue weighted by molar-refractivity contribution is 6.33. The van der Waals surface area contributed by atoms with E-state index in [2.05, 4.69) is 5.10 Å². The van der Waals surface area contributed by atoms with Crippen molar-refractivity contribution >= 4 is 34.3 Å². The molecule has 0 bridgehead atoms. The van der Waals surface area contributed by atoms with E-state index in [4.69, 9.17) is 11.6 Å². The Labute approximate surface area is 184 Å². The monoisotopic (exact) mass is 438 g/mol. The summed E-state index contributed by atoms with van der Waals surface area (Å²) in [4.78, 5) is 28.6. The number of rotatable bonds is 3. The molecule has 2 amide bonds. The SMILES string of the molecule is Cn1ncc2ccc(-c3ccc(C(=O)N4CCN(C(=O)C5(O)CC5)CC4)cc3Cl)cc21. The van der Waals surface area contributed by atoms with Gasteiger partial charge in [-0.3, -0.25) is 14.3 Å². The maximum atomic E-state index is 13.0. The maximum absolute atomic E-state index is 13.0. The second kappa shape index (κ2) is 7.35. The van der Waals surface area contributed by atoms with Crippen molar-refractivity contribution in [2.45, 2.75) is 18.4 Å². The first-order valence-electron chi connectivity index (χ1n) is 10.4. The lowest BCUT2D eigenvalue weighted by molar-refractivity contribution is -0.143. The minimum absolute atomic E-state index is 0.104. The third-order valence-corrected chi connectivity index (χ3v) is 6.56. The summed E-state index contributed by atoms with van der Waals surface area (Å²) < 4.78 is 1.82. The average Bonchev–Trinajstić information content (AvgIpc) is 3.44. The molecule has 7 nitrogen and oxygen atoms in total. The molecule has 1 saturated heterocycles. The van der Waals surface area contributed by atoms with Crippen LogP contribution < -0.4 is 0 Å². The normalized spacial score (nSPS) is 17.8. The van der Waals surface area contributed by atoms with E-state index >= 15 is 0 Å². The highest BCUT2D eigenvalue weighted by atomic mass is 35.5. The van der Waals surface area contributed by atoms with Crippen LogP contribution in [0.15, 0.2) is 42.6 Å². The van der Waals surface area contributed by atoms with Crippen molar-refractivity contribution in [1.29, 1.82) is 0 Å². The lowest BCUT2D eigenvalue weighted by Crippen LogP contribution is -2.53. The number of benzene rings is 2. The van der Waals surface area contributed by atoms with E-state index in [1.54, 1.807) is 21.9 Å². The number of carbonyl (C=O) groups is 2. The molecule has 1 saturated carbocycles. The van der Waals surface area contributed by atoms with Gasteiger partial charge in [-0.25, -0.2) is 0 Å². The Morgan fingerprint density at radius 2 is 1.74 bits per heavy atom. The number of hydrogen-bond donors (Lipinski definition) is 1. The van der Waals surface area contributed by atoms with E-state index in [0.717, 1.165) is 22.0 Å². The first-order valence-corrected chi connectivity index (χ1v) is 10.8. The molecule has 2 heterocycles. The first-order chi connectivity index (χ1) is 14.9. The summed E-state index contributed by atoms with van der Waals surface area (Å²) in [7, 11) is 1.90. The molecule has 5 rings (SSSR count). The van der Waals surface area contributed by atoms with Crippen LogP contribution in [0.25, 0.3) is 22.0 Å². The Balaban J connectivity index is 1.31. The van der Waals surface area contributed by atoms with Crippen LogP contribution in [0.2, 0.25) is 5.02 Å². The molecular weight excluding hydrogens is 416 g/mol. The van der Waals surface area contributed by atoms with Crippen LogP contribution in [-0.4, -0.2) is 68.3 Å². The molecule has 1 aromatic heterocycles. The molecule has 0 spiro atoms. The van der Waals surface area contributed by atoms with Gasteiger partial charge in [-0.1, -0.05) is 29.8 Å². The van der Waals surface area contributed by atoms with Crippen molar-refractivity contribution in [1.82, 2.24) is 19.6 Å². The van der Waals surface area contributed by atoms with Gasteiger partial charge in [0.25, 0.3) is 11.8 Å². The largest absolute Gasteiger partial charge is 0.380 e. The summed E-state index contributed by atoms with van der Waals surface area (Å²) in [6.45, 7) is 1.75. The molecule has 2 fully saturated rings. The van der Waals surface area contributed by atoms with Crippen LogP contribution in [0, 0.1) is 0 Å². The van der Waals surface area contributed by atoms with Crippen molar-refractivity contribution in [2.24, 2.45) is 7.05 Å². The third kappa shape index (κ3) is 3.58. The number of amides is 2. The van der Waals surface area contributed by atoms with Crippen LogP contribution >= 0.6 is 11.6 Å². The molecule has 1 N–H and O–H groups in total. The highest BCUT2D eigenvalue weighted by Crippen LogP contribution is 2.37. The molecule has 1 aliphatic heterocycles. The molecule has 0 unspecified atom stereocenters. The van der Waals surface area contributed by atoms with E-state index in [0.29, 0.717) is 49.6 Å². The Morgan fingerprint density at radius 3 is 2.42 bits per heavy atom. The maximum Gasteiger partial charge on any atom is 0.254 e. The Hall–Kier alpha value is -2.90. The fraction of sp³-hybridized carbons (Fsp3) is 0.348. The van der Waals surface area contributed by atoms with Gasteiger partial charge in [0.1, 0.15) is 5.60 Å². The lowest BCUT2D eigenvalue weighted by Gasteiger charge is -2.35. The highest BCUT2D eigenvalue weighted by Gasteiger charge is 2.50. The second-order valence-corrected chi connectivity index (χ2v) is 8.76. The fourth-order valence-electron chi connectivity index (χ4n) is 4.12. The minimum Gasteiger partial charge on any atom is -0.380 e. The summed E-state index contributed by atoms with van der Waals surface area (Å²) in [5.41, 5.74) is 2.20. The minimum atomic E-state index is -1.16. The molecule has 2 aliphatic rings. The number of aryl methyl sites for hydroxylation is 1. The van der Waals surface area contributed by atoms with Crippen LogP contribution in [0.5, 0.6) is 0 Å². The molecule has 8 heteroatoms. The van der Waals surface area contributed by atoms with Gasteiger partial charge in [0.15, 0.2) is 0 Å². The topological polar surface area (TPSA) is 78.7 Å². The smallest absolute Gasteiger partial charge is 0.254 e. The molecule has 160 valence electrons. The van der Waals surface area contributed by atoms with Crippen molar-refractivity contribution in [3.63, 3.8) is 0 Å². The first kappa shape index (κ1) is 20.0. The standard InChI is InChI=1S/C23H23ClN4O3/c1-26-20-13-15(2-3-17(20)14-25-26)18-5-4-16(12-19(18)24)21(29)27-8-10-28(11-9-27)22(30)23(31)6-7-23/h2-5,12-14,31H,6-11H2,1H3. The zero-order valence-electron chi connectivity index (χ0n) is 17.2. The summed E-state index contributed by atoms with van der Waals surface area (Å²) >= 11 is 6.56. The summed E-state index contributed by atoms with van der Waals surface area (Å²) in [6, 6.07) is 11.4. The Morgan fingerprint density at radius 1 is 1.03 bits per heavy atom. The predicted octanol–water partition coefficient (Wildman–Crippen LogP) is 2.70.